The maximum Gasteiger partial charge on any atom is 0.275 e. The Balaban J connectivity index is 2.03. The van der Waals surface area contributed by atoms with E-state index in [0.29, 0.717) is 18.2 Å². The first-order valence-corrected chi connectivity index (χ1v) is 5.84. The Labute approximate surface area is 92.4 Å². The Bertz CT molecular complexity index is 340. The Morgan fingerprint density at radius 2 is 2.53 bits per heavy atom. The highest BCUT2D eigenvalue weighted by molar-refractivity contribution is 7.03. The van der Waals surface area contributed by atoms with Crippen molar-refractivity contribution in [1.82, 2.24) is 14.5 Å². The summed E-state index contributed by atoms with van der Waals surface area (Å²) < 4.78 is 3.68. The third-order valence-electron chi connectivity index (χ3n) is 2.88. The minimum Gasteiger partial charge on any atom is -0.336 e. The summed E-state index contributed by atoms with van der Waals surface area (Å²) in [4.78, 5) is 13.7. The van der Waals surface area contributed by atoms with Gasteiger partial charge in [-0.05, 0) is 23.9 Å². The Kier molecular flexibility index (Phi) is 2.97. The van der Waals surface area contributed by atoms with Gasteiger partial charge in [0.15, 0.2) is 5.69 Å². The van der Waals surface area contributed by atoms with Gasteiger partial charge in [-0.2, -0.15) is 0 Å². The fourth-order valence-corrected chi connectivity index (χ4v) is 2.13. The molecule has 1 saturated heterocycles. The van der Waals surface area contributed by atoms with Crippen molar-refractivity contribution in [3.05, 3.63) is 11.1 Å². The molecule has 1 aromatic rings. The van der Waals surface area contributed by atoms with Crippen LogP contribution in [-0.4, -0.2) is 39.5 Å². The Morgan fingerprint density at radius 3 is 3.13 bits per heavy atom. The summed E-state index contributed by atoms with van der Waals surface area (Å²) in [6.07, 6.45) is 0.963. The molecule has 1 aromatic heterocycles. The highest BCUT2D eigenvalue weighted by Crippen LogP contribution is 2.17. The molecule has 2 atom stereocenters. The Morgan fingerprint density at radius 1 is 1.73 bits per heavy atom. The lowest BCUT2D eigenvalue weighted by atomic mass is 9.94. The summed E-state index contributed by atoms with van der Waals surface area (Å²) >= 11 is 1.19. The zero-order valence-electron chi connectivity index (χ0n) is 8.59. The summed E-state index contributed by atoms with van der Waals surface area (Å²) in [7, 11) is 0. The molecule has 6 heteroatoms. The topological polar surface area (TPSA) is 72.1 Å². The summed E-state index contributed by atoms with van der Waals surface area (Å²) in [5.74, 6) is 0.439. The van der Waals surface area contributed by atoms with Crippen LogP contribution in [0.4, 0.5) is 0 Å². The average molecular weight is 226 g/mol. The van der Waals surface area contributed by atoms with Gasteiger partial charge in [-0.1, -0.05) is 11.4 Å². The molecule has 0 aliphatic carbocycles. The normalized spacial score (nSPS) is 26.7. The lowest BCUT2D eigenvalue weighted by molar-refractivity contribution is 0.0666. The van der Waals surface area contributed by atoms with E-state index in [1.807, 2.05) is 0 Å². The molecule has 1 amide bonds. The van der Waals surface area contributed by atoms with E-state index < -0.39 is 0 Å². The van der Waals surface area contributed by atoms with Crippen LogP contribution in [0.5, 0.6) is 0 Å². The van der Waals surface area contributed by atoms with Crippen molar-refractivity contribution in [2.45, 2.75) is 19.4 Å². The van der Waals surface area contributed by atoms with Crippen LogP contribution in [0, 0.1) is 5.92 Å². The first-order chi connectivity index (χ1) is 7.18. The quantitative estimate of drug-likeness (QED) is 0.750. The third kappa shape index (κ3) is 2.15. The highest BCUT2D eigenvalue weighted by atomic mass is 32.1. The average Bonchev–Trinajstić information content (AvgIpc) is 2.74. The molecule has 0 aromatic carbocycles. The first-order valence-electron chi connectivity index (χ1n) is 5.00. The maximum absolute atomic E-state index is 11.9. The van der Waals surface area contributed by atoms with Gasteiger partial charge in [0.25, 0.3) is 5.91 Å². The maximum atomic E-state index is 11.9. The van der Waals surface area contributed by atoms with Crippen LogP contribution < -0.4 is 5.73 Å². The van der Waals surface area contributed by atoms with Crippen molar-refractivity contribution in [3.8, 4) is 0 Å². The van der Waals surface area contributed by atoms with Gasteiger partial charge < -0.3 is 10.6 Å². The van der Waals surface area contributed by atoms with Crippen LogP contribution in [0.3, 0.4) is 0 Å². The van der Waals surface area contributed by atoms with Crippen molar-refractivity contribution in [2.24, 2.45) is 11.7 Å². The predicted molar refractivity (Wildman–Crippen MR) is 57.6 cm³/mol. The van der Waals surface area contributed by atoms with Crippen LogP contribution >= 0.6 is 11.5 Å². The zero-order valence-corrected chi connectivity index (χ0v) is 9.41. The third-order valence-corrected chi connectivity index (χ3v) is 3.39. The molecular weight excluding hydrogens is 212 g/mol. The summed E-state index contributed by atoms with van der Waals surface area (Å²) in [6, 6.07) is 0.0781. The molecule has 5 nitrogen and oxygen atoms in total. The molecule has 2 unspecified atom stereocenters. The van der Waals surface area contributed by atoms with Gasteiger partial charge in [0.05, 0.1) is 0 Å². The fourth-order valence-electron chi connectivity index (χ4n) is 1.70. The number of aromatic nitrogens is 2. The number of piperidine rings is 1. The number of nitrogens with zero attached hydrogens (tertiary/aromatic N) is 3. The first kappa shape index (κ1) is 10.5. The number of likely N-dealkylation sites (tertiary alicyclic amines) is 1. The molecule has 0 bridgehead atoms. The van der Waals surface area contributed by atoms with Gasteiger partial charge in [0.1, 0.15) is 0 Å². The summed E-state index contributed by atoms with van der Waals surface area (Å²) in [5.41, 5.74) is 6.36. The second-order valence-electron chi connectivity index (χ2n) is 3.97. The fraction of sp³-hybridized carbons (Fsp3) is 0.667. The van der Waals surface area contributed by atoms with E-state index in [1.165, 1.54) is 11.5 Å². The lowest BCUT2D eigenvalue weighted by Crippen LogP contribution is -2.49. The molecular formula is C9H14N4OS. The predicted octanol–water partition coefficient (Wildman–Crippen LogP) is 0.347. The van der Waals surface area contributed by atoms with Gasteiger partial charge in [-0.3, -0.25) is 4.79 Å². The van der Waals surface area contributed by atoms with Crippen molar-refractivity contribution in [3.63, 3.8) is 0 Å². The van der Waals surface area contributed by atoms with E-state index in [-0.39, 0.29) is 11.9 Å². The standard InChI is InChI=1S/C9H14N4OS/c1-6-2-3-13(4-7(6)10)9(14)8-5-15-12-11-8/h5-7H,2-4,10H2,1H3. The monoisotopic (exact) mass is 226 g/mol. The zero-order chi connectivity index (χ0) is 10.8. The van der Waals surface area contributed by atoms with E-state index in [2.05, 4.69) is 16.5 Å². The van der Waals surface area contributed by atoms with Gasteiger partial charge >= 0.3 is 0 Å². The van der Waals surface area contributed by atoms with Gasteiger partial charge in [-0.15, -0.1) is 5.10 Å². The molecule has 1 fully saturated rings. The molecule has 15 heavy (non-hydrogen) atoms. The summed E-state index contributed by atoms with van der Waals surface area (Å²) in [5, 5.41) is 5.44. The number of hydrogen-bond donors (Lipinski definition) is 1. The molecule has 1 aliphatic heterocycles. The van der Waals surface area contributed by atoms with E-state index in [4.69, 9.17) is 5.73 Å². The van der Waals surface area contributed by atoms with Crippen molar-refractivity contribution in [2.75, 3.05) is 13.1 Å². The minimum absolute atomic E-state index is 0.0499. The second kappa shape index (κ2) is 4.24. The van der Waals surface area contributed by atoms with E-state index >= 15 is 0 Å². The van der Waals surface area contributed by atoms with Gasteiger partial charge in [0.2, 0.25) is 0 Å². The Hall–Kier alpha value is -1.01. The molecule has 2 rings (SSSR count). The number of amides is 1. The van der Waals surface area contributed by atoms with Crippen LogP contribution in [0.15, 0.2) is 5.38 Å². The van der Waals surface area contributed by atoms with Gasteiger partial charge in [0, 0.05) is 24.5 Å². The van der Waals surface area contributed by atoms with Crippen LogP contribution in [-0.2, 0) is 0 Å². The molecule has 82 valence electrons. The molecule has 1 aliphatic rings. The molecule has 0 spiro atoms. The van der Waals surface area contributed by atoms with E-state index in [9.17, 15) is 4.79 Å². The molecule has 2 heterocycles. The van der Waals surface area contributed by atoms with Gasteiger partial charge in [-0.25, -0.2) is 0 Å². The molecule has 0 saturated carbocycles. The number of carbonyl (C=O) groups is 1. The van der Waals surface area contributed by atoms with Crippen molar-refractivity contribution < 1.29 is 4.79 Å². The minimum atomic E-state index is -0.0499. The highest BCUT2D eigenvalue weighted by Gasteiger charge is 2.27. The van der Waals surface area contributed by atoms with Crippen molar-refractivity contribution in [1.29, 1.82) is 0 Å². The van der Waals surface area contributed by atoms with Crippen LogP contribution in [0.2, 0.25) is 0 Å². The number of rotatable bonds is 1. The van der Waals surface area contributed by atoms with Crippen molar-refractivity contribution >= 4 is 17.4 Å². The largest absolute Gasteiger partial charge is 0.336 e. The lowest BCUT2D eigenvalue weighted by Gasteiger charge is -2.34. The number of hydrogen-bond acceptors (Lipinski definition) is 5. The van der Waals surface area contributed by atoms with Crippen LogP contribution in [0.25, 0.3) is 0 Å². The van der Waals surface area contributed by atoms with E-state index in [0.717, 1.165) is 13.0 Å². The van der Waals surface area contributed by atoms with Crippen LogP contribution in [0.1, 0.15) is 23.8 Å². The molecule has 2 N–H and O–H groups in total. The smallest absolute Gasteiger partial charge is 0.275 e. The summed E-state index contributed by atoms with van der Waals surface area (Å²) in [6.45, 7) is 3.51. The number of carbonyl (C=O) groups excluding carboxylic acids is 1. The SMILES string of the molecule is CC1CCN(C(=O)c2csnn2)CC1N. The molecule has 0 radical (unpaired) electrons. The second-order valence-corrected chi connectivity index (χ2v) is 4.58. The number of nitrogens with two attached hydrogens (primary N) is 1. The van der Waals surface area contributed by atoms with E-state index in [1.54, 1.807) is 10.3 Å².